The van der Waals surface area contributed by atoms with Crippen LogP contribution in [-0.4, -0.2) is 22.3 Å². The maximum absolute atomic E-state index is 12.6. The first-order valence-corrected chi connectivity index (χ1v) is 8.24. The predicted molar refractivity (Wildman–Crippen MR) is 99.6 cm³/mol. The van der Waals surface area contributed by atoms with Crippen LogP contribution in [0, 0.1) is 6.92 Å². The Morgan fingerprint density at radius 2 is 1.93 bits per heavy atom. The van der Waals surface area contributed by atoms with Gasteiger partial charge in [-0.1, -0.05) is 6.07 Å². The maximum Gasteiger partial charge on any atom is 0.291 e. The summed E-state index contributed by atoms with van der Waals surface area (Å²) in [5.74, 6) is -1.80. The Balaban J connectivity index is 1.81. The standard InChI is InChI=1S/C19H14N4O5/c1-9-4-5-10(21-18(26)13-3-2-6-28-13)7-12(9)23-14(24)8-11-15(16(23)20)19(27)22-17(11)25/h2-8H,20H2,1H3,(H,21,26)(H,22,25,27). The van der Waals surface area contributed by atoms with E-state index >= 15 is 0 Å². The molecule has 1 aromatic carbocycles. The SMILES string of the molecule is Cc1ccc(NC(=O)c2ccco2)cc1-n1c(N)c2c(cc1=O)C(=O)NC2=O. The van der Waals surface area contributed by atoms with Crippen molar-refractivity contribution in [2.75, 3.05) is 11.1 Å². The number of rotatable bonds is 3. The number of aromatic nitrogens is 1. The minimum absolute atomic E-state index is 0.0472. The largest absolute Gasteiger partial charge is 0.459 e. The number of anilines is 2. The highest BCUT2D eigenvalue weighted by molar-refractivity contribution is 6.23. The van der Waals surface area contributed by atoms with E-state index in [9.17, 15) is 19.2 Å². The molecule has 0 aliphatic carbocycles. The quantitative estimate of drug-likeness (QED) is 0.590. The average molecular weight is 378 g/mol. The van der Waals surface area contributed by atoms with E-state index in [-0.39, 0.29) is 22.7 Å². The smallest absolute Gasteiger partial charge is 0.291 e. The Bertz CT molecular complexity index is 1210. The summed E-state index contributed by atoms with van der Waals surface area (Å²) in [4.78, 5) is 48.6. The minimum Gasteiger partial charge on any atom is -0.459 e. The highest BCUT2D eigenvalue weighted by Gasteiger charge is 2.32. The van der Waals surface area contributed by atoms with E-state index in [1.165, 1.54) is 12.3 Å². The van der Waals surface area contributed by atoms with Crippen LogP contribution in [0.15, 0.2) is 51.9 Å². The molecule has 4 N–H and O–H groups in total. The van der Waals surface area contributed by atoms with Crippen LogP contribution in [0.4, 0.5) is 11.5 Å². The van der Waals surface area contributed by atoms with Crippen molar-refractivity contribution in [3.63, 3.8) is 0 Å². The number of benzene rings is 1. The van der Waals surface area contributed by atoms with Crippen molar-refractivity contribution in [1.29, 1.82) is 0 Å². The normalized spacial score (nSPS) is 12.6. The first-order chi connectivity index (χ1) is 13.4. The fraction of sp³-hybridized carbons (Fsp3) is 0.0526. The molecule has 2 aromatic heterocycles. The number of furan rings is 1. The Hall–Kier alpha value is -4.14. The van der Waals surface area contributed by atoms with Gasteiger partial charge in [0, 0.05) is 11.8 Å². The number of nitrogens with zero attached hydrogens (tertiary/aromatic N) is 1. The van der Waals surface area contributed by atoms with Gasteiger partial charge in [-0.2, -0.15) is 0 Å². The first-order valence-electron chi connectivity index (χ1n) is 8.24. The average Bonchev–Trinajstić information content (AvgIpc) is 3.26. The van der Waals surface area contributed by atoms with Gasteiger partial charge < -0.3 is 15.5 Å². The Morgan fingerprint density at radius 3 is 2.64 bits per heavy atom. The van der Waals surface area contributed by atoms with Gasteiger partial charge in [0.25, 0.3) is 23.3 Å². The fourth-order valence-electron chi connectivity index (χ4n) is 3.06. The zero-order chi connectivity index (χ0) is 20.0. The lowest BCUT2D eigenvalue weighted by atomic mass is 10.1. The number of hydrogen-bond donors (Lipinski definition) is 3. The number of hydrogen-bond acceptors (Lipinski definition) is 6. The molecule has 3 aromatic rings. The number of nitrogen functional groups attached to an aromatic ring is 1. The molecule has 4 rings (SSSR count). The third kappa shape index (κ3) is 2.65. The third-order valence-electron chi connectivity index (χ3n) is 4.41. The van der Waals surface area contributed by atoms with E-state index in [0.29, 0.717) is 16.9 Å². The van der Waals surface area contributed by atoms with Crippen LogP contribution in [0.1, 0.15) is 36.8 Å². The molecule has 0 atom stereocenters. The fourth-order valence-corrected chi connectivity index (χ4v) is 3.06. The molecule has 140 valence electrons. The van der Waals surface area contributed by atoms with Crippen LogP contribution in [0.25, 0.3) is 5.69 Å². The molecule has 9 heteroatoms. The summed E-state index contributed by atoms with van der Waals surface area (Å²) < 4.78 is 6.19. The van der Waals surface area contributed by atoms with E-state index in [1.807, 2.05) is 0 Å². The van der Waals surface area contributed by atoms with Crippen molar-refractivity contribution in [1.82, 2.24) is 9.88 Å². The number of carbonyl (C=O) groups is 3. The molecule has 3 amide bonds. The molecule has 0 radical (unpaired) electrons. The van der Waals surface area contributed by atoms with Gasteiger partial charge in [-0.15, -0.1) is 0 Å². The molecule has 1 aliphatic heterocycles. The van der Waals surface area contributed by atoms with Crippen LogP contribution in [-0.2, 0) is 0 Å². The van der Waals surface area contributed by atoms with E-state index in [1.54, 1.807) is 31.2 Å². The molecule has 0 unspecified atom stereocenters. The Labute approximate surface area is 157 Å². The molecule has 1 aliphatic rings. The summed E-state index contributed by atoms with van der Waals surface area (Å²) in [7, 11) is 0. The Kier molecular flexibility index (Phi) is 3.85. The number of imide groups is 1. The molecule has 0 fully saturated rings. The van der Waals surface area contributed by atoms with Crippen molar-refractivity contribution in [3.8, 4) is 5.69 Å². The molecular weight excluding hydrogens is 364 g/mol. The summed E-state index contributed by atoms with van der Waals surface area (Å²) in [5, 5.41) is 4.79. The number of nitrogens with one attached hydrogen (secondary N) is 2. The van der Waals surface area contributed by atoms with Gasteiger partial charge in [0.1, 0.15) is 5.82 Å². The summed E-state index contributed by atoms with van der Waals surface area (Å²) in [6.45, 7) is 1.75. The molecule has 0 saturated heterocycles. The molecule has 3 heterocycles. The highest BCUT2D eigenvalue weighted by Crippen LogP contribution is 2.26. The number of pyridine rings is 1. The van der Waals surface area contributed by atoms with Crippen molar-refractivity contribution in [2.24, 2.45) is 0 Å². The molecular formula is C19H14N4O5. The lowest BCUT2D eigenvalue weighted by Gasteiger charge is -2.15. The lowest BCUT2D eigenvalue weighted by molar-refractivity contribution is 0.0879. The number of fused-ring (bicyclic) bond motifs is 1. The lowest BCUT2D eigenvalue weighted by Crippen LogP contribution is -2.25. The van der Waals surface area contributed by atoms with Crippen LogP contribution in [0.2, 0.25) is 0 Å². The van der Waals surface area contributed by atoms with Gasteiger partial charge in [-0.05, 0) is 36.8 Å². The van der Waals surface area contributed by atoms with Gasteiger partial charge in [0.15, 0.2) is 5.76 Å². The Morgan fingerprint density at radius 1 is 1.14 bits per heavy atom. The molecule has 0 spiro atoms. The molecule has 9 nitrogen and oxygen atoms in total. The van der Waals surface area contributed by atoms with Crippen LogP contribution in [0.3, 0.4) is 0 Å². The summed E-state index contributed by atoms with van der Waals surface area (Å²) in [6, 6.07) is 9.08. The van der Waals surface area contributed by atoms with Gasteiger partial charge in [-0.3, -0.25) is 29.1 Å². The monoisotopic (exact) mass is 378 g/mol. The molecule has 0 saturated carbocycles. The van der Waals surface area contributed by atoms with Crippen molar-refractivity contribution < 1.29 is 18.8 Å². The van der Waals surface area contributed by atoms with Gasteiger partial charge in [0.2, 0.25) is 0 Å². The predicted octanol–water partition coefficient (Wildman–Crippen LogP) is 1.46. The number of carbonyl (C=O) groups excluding carboxylic acids is 3. The van der Waals surface area contributed by atoms with Crippen molar-refractivity contribution in [2.45, 2.75) is 6.92 Å². The van der Waals surface area contributed by atoms with E-state index < -0.39 is 23.3 Å². The number of amides is 3. The van der Waals surface area contributed by atoms with E-state index in [4.69, 9.17) is 10.2 Å². The second-order valence-electron chi connectivity index (χ2n) is 6.21. The second kappa shape index (κ2) is 6.23. The zero-order valence-electron chi connectivity index (χ0n) is 14.6. The summed E-state index contributed by atoms with van der Waals surface area (Å²) >= 11 is 0. The first kappa shape index (κ1) is 17.3. The maximum atomic E-state index is 12.6. The van der Waals surface area contributed by atoms with E-state index in [0.717, 1.165) is 10.6 Å². The molecule has 0 bridgehead atoms. The number of aryl methyl sites for hydroxylation is 1. The third-order valence-corrected chi connectivity index (χ3v) is 4.41. The minimum atomic E-state index is -0.661. The molecule has 28 heavy (non-hydrogen) atoms. The van der Waals surface area contributed by atoms with Gasteiger partial charge in [0.05, 0.1) is 23.1 Å². The van der Waals surface area contributed by atoms with Crippen molar-refractivity contribution >= 4 is 29.2 Å². The van der Waals surface area contributed by atoms with Gasteiger partial charge in [-0.25, -0.2) is 0 Å². The van der Waals surface area contributed by atoms with E-state index in [2.05, 4.69) is 10.6 Å². The summed E-state index contributed by atoms with van der Waals surface area (Å²) in [6.07, 6.45) is 1.38. The van der Waals surface area contributed by atoms with Crippen LogP contribution >= 0.6 is 0 Å². The van der Waals surface area contributed by atoms with Crippen molar-refractivity contribution in [3.05, 3.63) is 75.5 Å². The van der Waals surface area contributed by atoms with Crippen LogP contribution < -0.4 is 21.9 Å². The zero-order valence-corrected chi connectivity index (χ0v) is 14.6. The second-order valence-corrected chi connectivity index (χ2v) is 6.21. The van der Waals surface area contributed by atoms with Crippen LogP contribution in [0.5, 0.6) is 0 Å². The van der Waals surface area contributed by atoms with Gasteiger partial charge >= 0.3 is 0 Å². The summed E-state index contributed by atoms with van der Waals surface area (Å²) in [5.41, 5.74) is 6.84. The number of nitrogens with two attached hydrogens (primary N) is 1. The highest BCUT2D eigenvalue weighted by atomic mass is 16.3. The topological polar surface area (TPSA) is 136 Å².